The Morgan fingerprint density at radius 1 is 1.38 bits per heavy atom. The maximum absolute atomic E-state index is 12.6. The second-order valence-electron chi connectivity index (χ2n) is 8.23. The molecule has 0 N–H and O–H groups in total. The van der Waals surface area contributed by atoms with Crippen molar-refractivity contribution in [1.29, 1.82) is 0 Å². The third kappa shape index (κ3) is 2.72. The number of carbonyl (C=O) groups excluding carboxylic acids is 1. The number of allylic oxidation sites excluding steroid dienone is 2. The first-order chi connectivity index (χ1) is 11.4. The van der Waals surface area contributed by atoms with E-state index in [4.69, 9.17) is 9.15 Å². The molecule has 3 heteroatoms. The average molecular weight is 330 g/mol. The highest BCUT2D eigenvalue weighted by molar-refractivity contribution is 5.77. The highest BCUT2D eigenvalue weighted by Crippen LogP contribution is 2.60. The highest BCUT2D eigenvalue weighted by Gasteiger charge is 2.56. The van der Waals surface area contributed by atoms with Crippen LogP contribution in [0.4, 0.5) is 0 Å². The zero-order valence-corrected chi connectivity index (χ0v) is 15.4. The monoisotopic (exact) mass is 330 g/mol. The van der Waals surface area contributed by atoms with Crippen LogP contribution in [0.15, 0.2) is 34.7 Å². The van der Waals surface area contributed by atoms with Crippen molar-refractivity contribution >= 4 is 5.97 Å². The number of carbonyl (C=O) groups is 1. The number of fused-ring (bicyclic) bond motifs is 1. The van der Waals surface area contributed by atoms with Crippen LogP contribution in [0.25, 0.3) is 0 Å². The van der Waals surface area contributed by atoms with Crippen molar-refractivity contribution in [2.24, 2.45) is 22.7 Å². The molecule has 1 heterocycles. The number of hydrogen-bond acceptors (Lipinski definition) is 3. The van der Waals surface area contributed by atoms with Gasteiger partial charge in [0.1, 0.15) is 0 Å². The Balaban J connectivity index is 1.88. The molecule has 0 bridgehead atoms. The van der Waals surface area contributed by atoms with E-state index < -0.39 is 0 Å². The van der Waals surface area contributed by atoms with Gasteiger partial charge in [-0.3, -0.25) is 4.79 Å². The Kier molecular flexibility index (Phi) is 4.63. The third-order valence-electron chi connectivity index (χ3n) is 6.95. The first kappa shape index (κ1) is 17.3. The van der Waals surface area contributed by atoms with Crippen LogP contribution in [0.5, 0.6) is 0 Å². The molecule has 0 spiro atoms. The number of esters is 1. The molecule has 1 fully saturated rings. The zero-order chi connectivity index (χ0) is 17.4. The van der Waals surface area contributed by atoms with E-state index in [1.165, 1.54) is 24.7 Å². The van der Waals surface area contributed by atoms with E-state index in [2.05, 4.69) is 32.9 Å². The van der Waals surface area contributed by atoms with Gasteiger partial charge in [-0.15, -0.1) is 0 Å². The Morgan fingerprint density at radius 2 is 2.17 bits per heavy atom. The van der Waals surface area contributed by atoms with Crippen LogP contribution in [-0.4, -0.2) is 13.1 Å². The average Bonchev–Trinajstić information content (AvgIpc) is 3.06. The first-order valence-corrected chi connectivity index (χ1v) is 9.18. The predicted octanol–water partition coefficient (Wildman–Crippen LogP) is 5.16. The fraction of sp³-hybridized carbons (Fsp3) is 0.667. The smallest absolute Gasteiger partial charge is 0.311 e. The van der Waals surface area contributed by atoms with Gasteiger partial charge in [-0.25, -0.2) is 0 Å². The van der Waals surface area contributed by atoms with Gasteiger partial charge in [-0.2, -0.15) is 0 Å². The van der Waals surface area contributed by atoms with Crippen molar-refractivity contribution in [1.82, 2.24) is 0 Å². The normalized spacial score (nSPS) is 35.9. The minimum absolute atomic E-state index is 0.0278. The molecule has 132 valence electrons. The summed E-state index contributed by atoms with van der Waals surface area (Å²) in [6, 6.07) is 2.06. The van der Waals surface area contributed by atoms with Crippen LogP contribution in [0.3, 0.4) is 0 Å². The van der Waals surface area contributed by atoms with Crippen molar-refractivity contribution in [2.45, 2.75) is 59.3 Å². The van der Waals surface area contributed by atoms with Gasteiger partial charge in [-0.05, 0) is 74.8 Å². The number of hydrogen-bond donors (Lipinski definition) is 0. The molecule has 1 aromatic rings. The van der Waals surface area contributed by atoms with Crippen molar-refractivity contribution in [2.75, 3.05) is 7.11 Å². The summed E-state index contributed by atoms with van der Waals surface area (Å²) in [6.07, 6.45) is 12.4. The summed E-state index contributed by atoms with van der Waals surface area (Å²) in [5, 5.41) is 0. The molecule has 3 nitrogen and oxygen atoms in total. The molecular weight excluding hydrogens is 300 g/mol. The summed E-state index contributed by atoms with van der Waals surface area (Å²) in [5.41, 5.74) is 2.57. The van der Waals surface area contributed by atoms with E-state index in [1.807, 2.05) is 6.26 Å². The summed E-state index contributed by atoms with van der Waals surface area (Å²) in [5.74, 6) is 0.861. The Labute approximate surface area is 145 Å². The topological polar surface area (TPSA) is 39.4 Å². The quantitative estimate of drug-likeness (QED) is 0.565. The van der Waals surface area contributed by atoms with Crippen LogP contribution in [0.1, 0.15) is 58.4 Å². The van der Waals surface area contributed by atoms with E-state index in [0.717, 1.165) is 32.1 Å². The molecular formula is C21H30O3. The van der Waals surface area contributed by atoms with Crippen molar-refractivity contribution in [3.05, 3.63) is 35.8 Å². The third-order valence-corrected chi connectivity index (χ3v) is 6.95. The second-order valence-corrected chi connectivity index (χ2v) is 8.23. The lowest BCUT2D eigenvalue weighted by Crippen LogP contribution is -2.53. The van der Waals surface area contributed by atoms with Gasteiger partial charge >= 0.3 is 5.97 Å². The molecule has 1 saturated carbocycles. The minimum Gasteiger partial charge on any atom is -0.472 e. The number of methoxy groups -OCH3 is 1. The molecule has 0 amide bonds. The Bertz CT molecular complexity index is 615. The van der Waals surface area contributed by atoms with E-state index >= 15 is 0 Å². The van der Waals surface area contributed by atoms with Gasteiger partial charge in [0, 0.05) is 0 Å². The number of rotatable bonds is 4. The van der Waals surface area contributed by atoms with Crippen LogP contribution < -0.4 is 0 Å². The van der Waals surface area contributed by atoms with Gasteiger partial charge in [-0.1, -0.05) is 25.0 Å². The zero-order valence-electron chi connectivity index (χ0n) is 15.4. The number of furan rings is 1. The van der Waals surface area contributed by atoms with Crippen molar-refractivity contribution in [3.63, 3.8) is 0 Å². The molecule has 4 atom stereocenters. The van der Waals surface area contributed by atoms with E-state index in [9.17, 15) is 4.79 Å². The SMILES string of the molecule is COC(=O)[C@]1(C)CCC[C@@]2(C)[C@H]1CC=C(C)[C@@H]2CCc1ccoc1. The largest absolute Gasteiger partial charge is 0.472 e. The van der Waals surface area contributed by atoms with E-state index in [0.29, 0.717) is 11.8 Å². The maximum atomic E-state index is 12.6. The molecule has 1 aromatic heterocycles. The molecule has 24 heavy (non-hydrogen) atoms. The molecule has 0 saturated heterocycles. The van der Waals surface area contributed by atoms with Gasteiger partial charge in [0.05, 0.1) is 25.1 Å². The molecule has 3 rings (SSSR count). The molecule has 0 aliphatic heterocycles. The summed E-state index contributed by atoms with van der Waals surface area (Å²) in [6.45, 7) is 6.81. The molecule has 0 unspecified atom stereocenters. The predicted molar refractivity (Wildman–Crippen MR) is 94.5 cm³/mol. The molecule has 0 aromatic carbocycles. The lowest BCUT2D eigenvalue weighted by atomic mass is 9.47. The summed E-state index contributed by atoms with van der Waals surface area (Å²) < 4.78 is 10.4. The minimum atomic E-state index is -0.354. The molecule has 0 radical (unpaired) electrons. The first-order valence-electron chi connectivity index (χ1n) is 9.18. The summed E-state index contributed by atoms with van der Waals surface area (Å²) in [4.78, 5) is 12.6. The van der Waals surface area contributed by atoms with Crippen LogP contribution in [-0.2, 0) is 16.0 Å². The van der Waals surface area contributed by atoms with Crippen LogP contribution in [0, 0.1) is 22.7 Å². The lowest BCUT2D eigenvalue weighted by Gasteiger charge is -2.56. The number of ether oxygens (including phenoxy) is 1. The fourth-order valence-electron chi connectivity index (χ4n) is 5.61. The van der Waals surface area contributed by atoms with Gasteiger partial charge in [0.2, 0.25) is 0 Å². The van der Waals surface area contributed by atoms with E-state index in [1.54, 1.807) is 6.26 Å². The Morgan fingerprint density at radius 3 is 2.83 bits per heavy atom. The molecule has 2 aliphatic carbocycles. The molecule has 2 aliphatic rings. The second kappa shape index (κ2) is 6.42. The summed E-state index contributed by atoms with van der Waals surface area (Å²) in [7, 11) is 1.53. The fourth-order valence-corrected chi connectivity index (χ4v) is 5.61. The summed E-state index contributed by atoms with van der Waals surface area (Å²) >= 11 is 0. The van der Waals surface area contributed by atoms with Gasteiger partial charge in [0.15, 0.2) is 0 Å². The lowest BCUT2D eigenvalue weighted by molar-refractivity contribution is -0.166. The van der Waals surface area contributed by atoms with Crippen molar-refractivity contribution in [3.8, 4) is 0 Å². The van der Waals surface area contributed by atoms with E-state index in [-0.39, 0.29) is 16.8 Å². The Hall–Kier alpha value is -1.51. The van der Waals surface area contributed by atoms with Crippen molar-refractivity contribution < 1.29 is 13.9 Å². The van der Waals surface area contributed by atoms with Gasteiger partial charge < -0.3 is 9.15 Å². The highest BCUT2D eigenvalue weighted by atomic mass is 16.5. The van der Waals surface area contributed by atoms with Gasteiger partial charge in [0.25, 0.3) is 0 Å². The van der Waals surface area contributed by atoms with Crippen LogP contribution >= 0.6 is 0 Å². The maximum Gasteiger partial charge on any atom is 0.311 e. The van der Waals surface area contributed by atoms with Crippen LogP contribution in [0.2, 0.25) is 0 Å². The number of aryl methyl sites for hydroxylation is 1. The standard InChI is InChI=1S/C21H30O3/c1-15-6-9-18-20(2,11-5-12-21(18,3)19(22)23-4)17(15)8-7-16-10-13-24-14-16/h6,10,13-14,17-18H,5,7-9,11-12H2,1-4H3/t17-,18+,20+,21+/m0/s1.